The van der Waals surface area contributed by atoms with Crippen LogP contribution in [0.5, 0.6) is 11.6 Å². The maximum absolute atomic E-state index is 12.5. The highest BCUT2D eigenvalue weighted by atomic mass is 16.5. The number of aromatic nitrogens is 2. The second kappa shape index (κ2) is 7.96. The molecular weight excluding hydrogens is 344 g/mol. The maximum atomic E-state index is 12.5. The number of hydrogen-bond donors (Lipinski definition) is 2. The molecule has 3 rings (SSSR count). The summed E-state index contributed by atoms with van der Waals surface area (Å²) in [5.74, 6) is 1.10. The molecule has 1 aromatic carbocycles. The molecule has 2 N–H and O–H groups in total. The summed E-state index contributed by atoms with van der Waals surface area (Å²) in [5.41, 5.74) is 2.72. The standard InChI is InChI=1S/C21H26N2O4/c1-4-18-19(25)22-21(26)23(11-15-5-6-16(10-15)12-24)20(18)27-17-8-13(2)7-14(3)9-17/h5,7-9,16,24H,4,6,10-12H2,1-3H3,(H,22,25,26). The fraction of sp³-hybridized carbons (Fsp3) is 0.429. The SMILES string of the molecule is CCc1c(Oc2cc(C)cc(C)c2)n(CC2=CCC(CO)C2)c(=O)[nH]c1=O. The van der Waals surface area contributed by atoms with Crippen LogP contribution >= 0.6 is 0 Å². The Hall–Kier alpha value is -2.60. The minimum atomic E-state index is -0.482. The highest BCUT2D eigenvalue weighted by molar-refractivity contribution is 5.37. The van der Waals surface area contributed by atoms with Crippen LogP contribution in [0.25, 0.3) is 0 Å². The third-order valence-electron chi connectivity index (χ3n) is 4.92. The molecule has 1 atom stereocenters. The van der Waals surface area contributed by atoms with E-state index in [-0.39, 0.29) is 12.5 Å². The summed E-state index contributed by atoms with van der Waals surface area (Å²) in [6.45, 7) is 6.30. The number of benzene rings is 1. The number of aliphatic hydroxyl groups is 1. The quantitative estimate of drug-likeness (QED) is 0.766. The number of nitrogens with one attached hydrogen (secondary N) is 1. The number of allylic oxidation sites excluding steroid dienone is 2. The molecule has 0 saturated heterocycles. The molecule has 0 bridgehead atoms. The number of H-pyrrole nitrogens is 1. The Labute approximate surface area is 158 Å². The van der Waals surface area contributed by atoms with Crippen LogP contribution in [-0.2, 0) is 13.0 Å². The molecular formula is C21H26N2O4. The summed E-state index contributed by atoms with van der Waals surface area (Å²) in [4.78, 5) is 27.3. The Kier molecular flexibility index (Phi) is 5.65. The van der Waals surface area contributed by atoms with E-state index in [2.05, 4.69) is 11.1 Å². The lowest BCUT2D eigenvalue weighted by atomic mass is 10.1. The third-order valence-corrected chi connectivity index (χ3v) is 4.92. The van der Waals surface area contributed by atoms with Gasteiger partial charge in [0.25, 0.3) is 5.56 Å². The molecule has 6 nitrogen and oxygen atoms in total. The highest BCUT2D eigenvalue weighted by Gasteiger charge is 2.21. The average Bonchev–Trinajstić information content (AvgIpc) is 3.05. The second-order valence-electron chi connectivity index (χ2n) is 7.26. The minimum absolute atomic E-state index is 0.132. The summed E-state index contributed by atoms with van der Waals surface area (Å²) in [5, 5.41) is 9.35. The Balaban J connectivity index is 2.04. The van der Waals surface area contributed by atoms with E-state index in [1.54, 1.807) is 0 Å². The Morgan fingerprint density at radius 3 is 2.52 bits per heavy atom. The molecule has 0 amide bonds. The fourth-order valence-electron chi connectivity index (χ4n) is 3.61. The number of aromatic amines is 1. The van der Waals surface area contributed by atoms with Crippen LogP contribution in [-0.4, -0.2) is 21.3 Å². The number of aryl methyl sites for hydroxylation is 2. The van der Waals surface area contributed by atoms with Gasteiger partial charge in [0.15, 0.2) is 0 Å². The molecule has 27 heavy (non-hydrogen) atoms. The zero-order valence-corrected chi connectivity index (χ0v) is 16.0. The van der Waals surface area contributed by atoms with Crippen LogP contribution < -0.4 is 16.0 Å². The molecule has 1 aromatic heterocycles. The van der Waals surface area contributed by atoms with Crippen molar-refractivity contribution >= 4 is 0 Å². The first-order chi connectivity index (χ1) is 12.9. The Bertz CT molecular complexity index is 964. The molecule has 1 unspecified atom stereocenters. The van der Waals surface area contributed by atoms with Gasteiger partial charge >= 0.3 is 5.69 Å². The van der Waals surface area contributed by atoms with Gasteiger partial charge in [0.05, 0.1) is 12.1 Å². The molecule has 6 heteroatoms. The smallest absolute Gasteiger partial charge is 0.331 e. The molecule has 1 heterocycles. The van der Waals surface area contributed by atoms with Crippen molar-refractivity contribution < 1.29 is 9.84 Å². The molecule has 1 aliphatic rings. The first-order valence-corrected chi connectivity index (χ1v) is 9.32. The largest absolute Gasteiger partial charge is 0.440 e. The van der Waals surface area contributed by atoms with Crippen LogP contribution in [0.2, 0.25) is 0 Å². The molecule has 0 aliphatic heterocycles. The molecule has 1 aliphatic carbocycles. The number of ether oxygens (including phenoxy) is 1. The second-order valence-corrected chi connectivity index (χ2v) is 7.26. The van der Waals surface area contributed by atoms with Gasteiger partial charge in [-0.25, -0.2) is 4.79 Å². The van der Waals surface area contributed by atoms with Crippen molar-refractivity contribution in [2.75, 3.05) is 6.61 Å². The van der Waals surface area contributed by atoms with E-state index < -0.39 is 11.2 Å². The summed E-state index contributed by atoms with van der Waals surface area (Å²) < 4.78 is 7.57. The van der Waals surface area contributed by atoms with Gasteiger partial charge in [0.1, 0.15) is 5.75 Å². The molecule has 0 spiro atoms. The number of nitrogens with zero attached hydrogens (tertiary/aromatic N) is 1. The summed E-state index contributed by atoms with van der Waals surface area (Å²) in [6.07, 6.45) is 4.06. The Morgan fingerprint density at radius 2 is 1.93 bits per heavy atom. The number of aliphatic hydroxyl groups excluding tert-OH is 1. The van der Waals surface area contributed by atoms with Crippen molar-refractivity contribution in [1.82, 2.24) is 9.55 Å². The maximum Gasteiger partial charge on any atom is 0.331 e. The first kappa shape index (κ1) is 19.2. The zero-order chi connectivity index (χ0) is 19.6. The first-order valence-electron chi connectivity index (χ1n) is 9.32. The normalized spacial score (nSPS) is 16.4. The van der Waals surface area contributed by atoms with Crippen molar-refractivity contribution in [3.63, 3.8) is 0 Å². The van der Waals surface area contributed by atoms with E-state index in [1.165, 1.54) is 4.57 Å². The van der Waals surface area contributed by atoms with Crippen molar-refractivity contribution in [3.05, 3.63) is 67.4 Å². The van der Waals surface area contributed by atoms with E-state index >= 15 is 0 Å². The van der Waals surface area contributed by atoms with E-state index in [9.17, 15) is 14.7 Å². The summed E-state index contributed by atoms with van der Waals surface area (Å²) in [6, 6.07) is 5.81. The van der Waals surface area contributed by atoms with Crippen molar-refractivity contribution in [1.29, 1.82) is 0 Å². The average molecular weight is 370 g/mol. The van der Waals surface area contributed by atoms with Crippen LogP contribution in [0, 0.1) is 19.8 Å². The molecule has 2 aromatic rings. The van der Waals surface area contributed by atoms with Crippen LogP contribution in [0.4, 0.5) is 0 Å². The molecule has 144 valence electrons. The Morgan fingerprint density at radius 1 is 1.22 bits per heavy atom. The predicted molar refractivity (Wildman–Crippen MR) is 105 cm³/mol. The van der Waals surface area contributed by atoms with Gasteiger partial charge in [-0.05, 0) is 62.3 Å². The molecule has 0 saturated carbocycles. The lowest BCUT2D eigenvalue weighted by Gasteiger charge is -2.17. The van der Waals surface area contributed by atoms with Gasteiger partial charge in [-0.2, -0.15) is 0 Å². The third kappa shape index (κ3) is 4.22. The monoisotopic (exact) mass is 370 g/mol. The van der Waals surface area contributed by atoms with Gasteiger partial charge in [-0.15, -0.1) is 0 Å². The molecule has 0 fully saturated rings. The van der Waals surface area contributed by atoms with Gasteiger partial charge < -0.3 is 9.84 Å². The van der Waals surface area contributed by atoms with Gasteiger partial charge in [0.2, 0.25) is 5.88 Å². The van der Waals surface area contributed by atoms with E-state index in [0.717, 1.165) is 29.5 Å². The van der Waals surface area contributed by atoms with E-state index in [1.807, 2.05) is 39.0 Å². The van der Waals surface area contributed by atoms with Crippen LogP contribution in [0.1, 0.15) is 36.5 Å². The van der Waals surface area contributed by atoms with Gasteiger partial charge in [-0.3, -0.25) is 14.3 Å². The lowest BCUT2D eigenvalue weighted by Crippen LogP contribution is -2.33. The van der Waals surface area contributed by atoms with Crippen molar-refractivity contribution in [2.45, 2.75) is 46.6 Å². The van der Waals surface area contributed by atoms with Crippen LogP contribution in [0.15, 0.2) is 39.4 Å². The lowest BCUT2D eigenvalue weighted by molar-refractivity contribution is 0.232. The van der Waals surface area contributed by atoms with E-state index in [0.29, 0.717) is 30.2 Å². The van der Waals surface area contributed by atoms with Gasteiger partial charge in [0, 0.05) is 6.61 Å². The highest BCUT2D eigenvalue weighted by Crippen LogP contribution is 2.29. The topological polar surface area (TPSA) is 84.3 Å². The fourth-order valence-corrected chi connectivity index (χ4v) is 3.61. The predicted octanol–water partition coefficient (Wildman–Crippen LogP) is 2.84. The number of rotatable bonds is 6. The minimum Gasteiger partial charge on any atom is -0.440 e. The van der Waals surface area contributed by atoms with E-state index in [4.69, 9.17) is 4.74 Å². The van der Waals surface area contributed by atoms with Crippen molar-refractivity contribution in [3.8, 4) is 11.6 Å². The van der Waals surface area contributed by atoms with Gasteiger partial charge in [-0.1, -0.05) is 24.6 Å². The van der Waals surface area contributed by atoms with Crippen molar-refractivity contribution in [2.24, 2.45) is 5.92 Å². The number of hydrogen-bond acceptors (Lipinski definition) is 4. The zero-order valence-electron chi connectivity index (χ0n) is 16.0. The summed E-state index contributed by atoms with van der Waals surface area (Å²) in [7, 11) is 0. The molecule has 0 radical (unpaired) electrons. The van der Waals surface area contributed by atoms with Crippen LogP contribution in [0.3, 0.4) is 0 Å². The summed E-state index contributed by atoms with van der Waals surface area (Å²) >= 11 is 0.